The summed E-state index contributed by atoms with van der Waals surface area (Å²) >= 11 is 0. The molecule has 1 saturated heterocycles. The van der Waals surface area contributed by atoms with E-state index in [2.05, 4.69) is 24.4 Å². The zero-order valence-electron chi connectivity index (χ0n) is 12.4. The number of rotatable bonds is 1. The van der Waals surface area contributed by atoms with Crippen LogP contribution in [0, 0.1) is 24.2 Å². The van der Waals surface area contributed by atoms with Crippen LogP contribution in [0.2, 0.25) is 0 Å². The molecule has 2 saturated carbocycles. The highest BCUT2D eigenvalue weighted by atomic mass is 16.2. The van der Waals surface area contributed by atoms with Crippen LogP contribution in [0.5, 0.6) is 0 Å². The van der Waals surface area contributed by atoms with Crippen LogP contribution in [0.25, 0.3) is 0 Å². The zero-order valence-corrected chi connectivity index (χ0v) is 12.4. The molecule has 21 heavy (non-hydrogen) atoms. The summed E-state index contributed by atoms with van der Waals surface area (Å²) in [5.74, 6) is 0.972. The molecule has 2 bridgehead atoms. The van der Waals surface area contributed by atoms with E-state index in [1.165, 1.54) is 19.3 Å². The Kier molecular flexibility index (Phi) is 2.75. The van der Waals surface area contributed by atoms with Crippen molar-refractivity contribution in [1.82, 2.24) is 5.32 Å². The first-order chi connectivity index (χ1) is 10.1. The Labute approximate surface area is 125 Å². The first kappa shape index (κ1) is 13.1. The van der Waals surface area contributed by atoms with Crippen LogP contribution in [0.15, 0.2) is 24.3 Å². The van der Waals surface area contributed by atoms with Gasteiger partial charge in [0.15, 0.2) is 0 Å². The van der Waals surface area contributed by atoms with Crippen LogP contribution in [-0.4, -0.2) is 11.8 Å². The number of aryl methyl sites for hydroxylation is 1. The molecular weight excluding hydrogens is 262 g/mol. The first-order valence-corrected chi connectivity index (χ1v) is 7.99. The molecule has 4 unspecified atom stereocenters. The van der Waals surface area contributed by atoms with Gasteiger partial charge in [0.05, 0.1) is 5.92 Å². The first-order valence-electron chi connectivity index (χ1n) is 7.99. The number of imide groups is 1. The summed E-state index contributed by atoms with van der Waals surface area (Å²) in [6.07, 6.45) is 5.26. The van der Waals surface area contributed by atoms with Gasteiger partial charge in [-0.05, 0) is 54.6 Å². The summed E-state index contributed by atoms with van der Waals surface area (Å²) in [5, 5.41) is 2.59. The third-order valence-corrected chi connectivity index (χ3v) is 6.11. The number of carbonyl (C=O) groups is 2. The summed E-state index contributed by atoms with van der Waals surface area (Å²) in [6, 6.07) is 8.16. The Bertz CT molecular complexity index is 623. The SMILES string of the molecule is Cc1ccccc1C1C(=O)NC(=O)CC12CC1CCC2C1. The van der Waals surface area contributed by atoms with Crippen LogP contribution in [0.1, 0.15) is 49.1 Å². The van der Waals surface area contributed by atoms with Gasteiger partial charge in [0.25, 0.3) is 0 Å². The maximum atomic E-state index is 12.7. The van der Waals surface area contributed by atoms with Gasteiger partial charge in [-0.1, -0.05) is 30.7 Å². The van der Waals surface area contributed by atoms with E-state index < -0.39 is 0 Å². The summed E-state index contributed by atoms with van der Waals surface area (Å²) in [4.78, 5) is 24.7. The Hall–Kier alpha value is -1.64. The fourth-order valence-electron chi connectivity index (χ4n) is 5.33. The third kappa shape index (κ3) is 1.79. The smallest absolute Gasteiger partial charge is 0.234 e. The number of amides is 2. The van der Waals surface area contributed by atoms with Crippen molar-refractivity contribution in [1.29, 1.82) is 0 Å². The maximum Gasteiger partial charge on any atom is 0.234 e. The Morgan fingerprint density at radius 1 is 1.19 bits per heavy atom. The Morgan fingerprint density at radius 3 is 2.67 bits per heavy atom. The van der Waals surface area contributed by atoms with Gasteiger partial charge in [-0.3, -0.25) is 14.9 Å². The molecule has 1 spiro atoms. The van der Waals surface area contributed by atoms with Gasteiger partial charge < -0.3 is 0 Å². The molecule has 0 radical (unpaired) electrons. The highest BCUT2D eigenvalue weighted by Crippen LogP contribution is 2.64. The second kappa shape index (κ2) is 4.43. The topological polar surface area (TPSA) is 46.2 Å². The summed E-state index contributed by atoms with van der Waals surface area (Å²) in [7, 11) is 0. The lowest BCUT2D eigenvalue weighted by Crippen LogP contribution is -2.53. The number of hydrogen-bond acceptors (Lipinski definition) is 2. The average molecular weight is 283 g/mol. The number of hydrogen-bond donors (Lipinski definition) is 1. The number of fused-ring (bicyclic) bond motifs is 3. The van der Waals surface area contributed by atoms with Gasteiger partial charge in [0.2, 0.25) is 11.8 Å². The standard InChI is InChI=1S/C18H21NO2/c1-11-4-2-3-5-14(11)16-17(21)19-15(20)10-18(16)9-12-6-7-13(18)8-12/h2-5,12-13,16H,6-10H2,1H3,(H,19,20,21). The van der Waals surface area contributed by atoms with Gasteiger partial charge >= 0.3 is 0 Å². The molecule has 1 aliphatic heterocycles. The molecule has 3 nitrogen and oxygen atoms in total. The van der Waals surface area contributed by atoms with Gasteiger partial charge in [-0.15, -0.1) is 0 Å². The molecule has 1 aromatic rings. The molecule has 3 aliphatic rings. The fourth-order valence-corrected chi connectivity index (χ4v) is 5.33. The van der Waals surface area contributed by atoms with Crippen molar-refractivity contribution in [2.24, 2.45) is 17.3 Å². The van der Waals surface area contributed by atoms with Crippen molar-refractivity contribution in [3.05, 3.63) is 35.4 Å². The van der Waals surface area contributed by atoms with E-state index >= 15 is 0 Å². The quantitative estimate of drug-likeness (QED) is 0.805. The largest absolute Gasteiger partial charge is 0.296 e. The minimum absolute atomic E-state index is 0.0719. The lowest BCUT2D eigenvalue weighted by Gasteiger charge is -2.46. The fraction of sp³-hybridized carbons (Fsp3) is 0.556. The second-order valence-electron chi connectivity index (χ2n) is 7.19. The number of benzene rings is 1. The number of nitrogens with one attached hydrogen (secondary N) is 1. The lowest BCUT2D eigenvalue weighted by atomic mass is 9.59. The minimum Gasteiger partial charge on any atom is -0.296 e. The van der Waals surface area contributed by atoms with E-state index in [-0.39, 0.29) is 23.1 Å². The van der Waals surface area contributed by atoms with E-state index in [0.717, 1.165) is 23.5 Å². The molecule has 2 amide bonds. The lowest BCUT2D eigenvalue weighted by molar-refractivity contribution is -0.142. The van der Waals surface area contributed by atoms with E-state index in [1.54, 1.807) is 0 Å². The molecule has 110 valence electrons. The van der Waals surface area contributed by atoms with E-state index in [0.29, 0.717) is 12.3 Å². The van der Waals surface area contributed by atoms with Crippen molar-refractivity contribution in [3.63, 3.8) is 0 Å². The zero-order chi connectivity index (χ0) is 14.6. The van der Waals surface area contributed by atoms with Gasteiger partial charge in [-0.2, -0.15) is 0 Å². The highest BCUT2D eigenvalue weighted by Gasteiger charge is 2.60. The molecule has 1 heterocycles. The molecule has 3 heteroatoms. The van der Waals surface area contributed by atoms with Crippen LogP contribution >= 0.6 is 0 Å². The summed E-state index contributed by atoms with van der Waals surface area (Å²) < 4.78 is 0. The van der Waals surface area contributed by atoms with E-state index in [9.17, 15) is 9.59 Å². The molecule has 4 rings (SSSR count). The van der Waals surface area contributed by atoms with Crippen LogP contribution in [0.3, 0.4) is 0 Å². The van der Waals surface area contributed by atoms with Crippen molar-refractivity contribution in [2.45, 2.75) is 44.9 Å². The summed E-state index contributed by atoms with van der Waals surface area (Å²) in [5.41, 5.74) is 2.17. The molecule has 0 aromatic heterocycles. The van der Waals surface area contributed by atoms with Crippen molar-refractivity contribution in [3.8, 4) is 0 Å². The Morgan fingerprint density at radius 2 is 2.00 bits per heavy atom. The van der Waals surface area contributed by atoms with Crippen LogP contribution in [0.4, 0.5) is 0 Å². The van der Waals surface area contributed by atoms with Gasteiger partial charge in [0.1, 0.15) is 0 Å². The van der Waals surface area contributed by atoms with Crippen LogP contribution in [-0.2, 0) is 9.59 Å². The molecule has 1 aromatic carbocycles. The molecule has 1 N–H and O–H groups in total. The van der Waals surface area contributed by atoms with Crippen molar-refractivity contribution >= 4 is 11.8 Å². The highest BCUT2D eigenvalue weighted by molar-refractivity contribution is 6.02. The maximum absolute atomic E-state index is 12.7. The molecule has 3 fully saturated rings. The van der Waals surface area contributed by atoms with E-state index in [1.807, 2.05) is 12.1 Å². The van der Waals surface area contributed by atoms with Crippen LogP contribution < -0.4 is 5.32 Å². The predicted molar refractivity (Wildman–Crippen MR) is 79.6 cm³/mol. The number of piperidine rings is 1. The molecule has 2 aliphatic carbocycles. The van der Waals surface area contributed by atoms with Crippen molar-refractivity contribution in [2.75, 3.05) is 0 Å². The molecular formula is C18H21NO2. The van der Waals surface area contributed by atoms with Gasteiger partial charge in [-0.25, -0.2) is 0 Å². The normalized spacial score (nSPS) is 38.0. The number of carbonyl (C=O) groups excluding carboxylic acids is 2. The second-order valence-corrected chi connectivity index (χ2v) is 7.19. The minimum atomic E-state index is -0.147. The predicted octanol–water partition coefficient (Wildman–Crippen LogP) is 2.93. The van der Waals surface area contributed by atoms with Gasteiger partial charge in [0, 0.05) is 6.42 Å². The molecule has 4 atom stereocenters. The van der Waals surface area contributed by atoms with E-state index in [4.69, 9.17) is 0 Å². The Balaban J connectivity index is 1.84. The third-order valence-electron chi connectivity index (χ3n) is 6.11. The average Bonchev–Trinajstić information content (AvgIpc) is 3.00. The van der Waals surface area contributed by atoms with Crippen molar-refractivity contribution < 1.29 is 9.59 Å². The monoisotopic (exact) mass is 283 g/mol. The summed E-state index contributed by atoms with van der Waals surface area (Å²) in [6.45, 7) is 2.07.